The highest BCUT2D eigenvalue weighted by Gasteiger charge is 2.15. The number of nitrogens with zero attached hydrogens (tertiary/aromatic N) is 1. The Labute approximate surface area is 143 Å². The predicted octanol–water partition coefficient (Wildman–Crippen LogP) is 5.33. The number of fused-ring (bicyclic) bond motifs is 1. The van der Waals surface area contributed by atoms with Crippen LogP contribution in [0.4, 0.5) is 0 Å². The Kier molecular flexibility index (Phi) is 8.06. The molecule has 0 aliphatic carbocycles. The van der Waals surface area contributed by atoms with Crippen molar-refractivity contribution in [1.82, 2.24) is 4.98 Å². The van der Waals surface area contributed by atoms with E-state index in [4.69, 9.17) is 0 Å². The molecule has 2 aromatic carbocycles. The number of carbonyl (C=O) groups excluding carboxylic acids is 2. The van der Waals surface area contributed by atoms with Gasteiger partial charge in [0.1, 0.15) is 5.69 Å². The van der Waals surface area contributed by atoms with E-state index in [0.29, 0.717) is 22.9 Å². The molecule has 24 heavy (non-hydrogen) atoms. The second kappa shape index (κ2) is 10.1. The number of pyridine rings is 1. The quantitative estimate of drug-likeness (QED) is 0.484. The lowest BCUT2D eigenvalue weighted by molar-refractivity contribution is 0.102. The lowest BCUT2D eigenvalue weighted by atomic mass is 10.0. The van der Waals surface area contributed by atoms with Crippen molar-refractivity contribution in [3.05, 3.63) is 77.5 Å². The molecule has 0 fully saturated rings. The monoisotopic (exact) mass is 321 g/mol. The molecule has 1 aromatic heterocycles. The van der Waals surface area contributed by atoms with Crippen LogP contribution < -0.4 is 0 Å². The molecule has 0 spiro atoms. The van der Waals surface area contributed by atoms with Crippen LogP contribution in [0.1, 0.15) is 54.1 Å². The maximum Gasteiger partial charge on any atom is 0.195 e. The van der Waals surface area contributed by atoms with E-state index in [0.717, 1.165) is 5.39 Å². The summed E-state index contributed by atoms with van der Waals surface area (Å²) in [6.07, 6.45) is 0.628. The highest BCUT2D eigenvalue weighted by atomic mass is 16.1. The largest absolute Gasteiger partial charge is 0.296 e. The van der Waals surface area contributed by atoms with Crippen molar-refractivity contribution < 1.29 is 9.59 Å². The van der Waals surface area contributed by atoms with E-state index < -0.39 is 0 Å². The zero-order chi connectivity index (χ0) is 17.9. The highest BCUT2D eigenvalue weighted by molar-refractivity contribution is 6.13. The standard InChI is InChI=1S/C17H11NO2.2C2H6/c19-11-16-14(17(20)12-6-2-1-3-7-12)10-13-8-4-5-9-15(13)18-16;2*1-2/h1-11H;2*1-2H3. The minimum atomic E-state index is -0.189. The second-order valence-corrected chi connectivity index (χ2v) is 4.43. The maximum absolute atomic E-state index is 12.5. The van der Waals surface area contributed by atoms with Crippen LogP contribution in [0.2, 0.25) is 0 Å². The SMILES string of the molecule is CC.CC.O=Cc1nc2ccccc2cc1C(=O)c1ccccc1. The third-order valence-electron chi connectivity index (χ3n) is 3.15. The molecule has 1 heterocycles. The van der Waals surface area contributed by atoms with E-state index in [2.05, 4.69) is 4.98 Å². The average Bonchev–Trinajstić information content (AvgIpc) is 2.70. The van der Waals surface area contributed by atoms with Gasteiger partial charge in [-0.3, -0.25) is 9.59 Å². The third kappa shape index (κ3) is 4.35. The fourth-order valence-electron chi connectivity index (χ4n) is 2.15. The van der Waals surface area contributed by atoms with Crippen LogP contribution in [0.25, 0.3) is 10.9 Å². The Balaban J connectivity index is 0.000000671. The zero-order valence-corrected chi connectivity index (χ0v) is 14.6. The summed E-state index contributed by atoms with van der Waals surface area (Å²) >= 11 is 0. The molecular formula is C21H23NO2. The number of benzene rings is 2. The number of carbonyl (C=O) groups is 2. The van der Waals surface area contributed by atoms with Gasteiger partial charge < -0.3 is 0 Å². The predicted molar refractivity (Wildman–Crippen MR) is 99.7 cm³/mol. The lowest BCUT2D eigenvalue weighted by Gasteiger charge is -2.06. The Morgan fingerprint density at radius 2 is 1.46 bits per heavy atom. The summed E-state index contributed by atoms with van der Waals surface area (Å²) in [6, 6.07) is 18.0. The van der Waals surface area contributed by atoms with Crippen molar-refractivity contribution in [1.29, 1.82) is 0 Å². The van der Waals surface area contributed by atoms with Crippen LogP contribution >= 0.6 is 0 Å². The topological polar surface area (TPSA) is 47.0 Å². The van der Waals surface area contributed by atoms with Crippen LogP contribution in [0.3, 0.4) is 0 Å². The number of aldehydes is 1. The summed E-state index contributed by atoms with van der Waals surface area (Å²) < 4.78 is 0. The van der Waals surface area contributed by atoms with Crippen LogP contribution in [0.15, 0.2) is 60.7 Å². The van der Waals surface area contributed by atoms with Gasteiger partial charge in [-0.2, -0.15) is 0 Å². The Morgan fingerprint density at radius 1 is 0.875 bits per heavy atom. The summed E-state index contributed by atoms with van der Waals surface area (Å²) in [7, 11) is 0. The normalized spacial score (nSPS) is 9.17. The Bertz CT molecular complexity index is 795. The van der Waals surface area contributed by atoms with Gasteiger partial charge in [-0.25, -0.2) is 4.98 Å². The number of hydrogen-bond acceptors (Lipinski definition) is 3. The van der Waals surface area contributed by atoms with Crippen LogP contribution in [-0.2, 0) is 0 Å². The van der Waals surface area contributed by atoms with Crippen molar-refractivity contribution in [3.8, 4) is 0 Å². The summed E-state index contributed by atoms with van der Waals surface area (Å²) in [5.74, 6) is -0.189. The molecule has 0 atom stereocenters. The minimum absolute atomic E-state index is 0.178. The molecule has 3 nitrogen and oxygen atoms in total. The van der Waals surface area contributed by atoms with Gasteiger partial charge in [0.2, 0.25) is 0 Å². The first-order chi connectivity index (χ1) is 11.8. The van der Waals surface area contributed by atoms with E-state index in [1.807, 2.05) is 58.0 Å². The van der Waals surface area contributed by atoms with Gasteiger partial charge >= 0.3 is 0 Å². The van der Waals surface area contributed by atoms with Crippen LogP contribution in [0, 0.1) is 0 Å². The molecule has 3 heteroatoms. The minimum Gasteiger partial charge on any atom is -0.296 e. The van der Waals surface area contributed by atoms with E-state index in [-0.39, 0.29) is 11.5 Å². The van der Waals surface area contributed by atoms with Gasteiger partial charge in [-0.15, -0.1) is 0 Å². The van der Waals surface area contributed by atoms with Crippen LogP contribution in [0.5, 0.6) is 0 Å². The van der Waals surface area contributed by atoms with Gasteiger partial charge in [-0.05, 0) is 12.1 Å². The Hall–Kier alpha value is -2.81. The number of ketones is 1. The number of hydrogen-bond donors (Lipinski definition) is 0. The van der Waals surface area contributed by atoms with Gasteiger partial charge in [0, 0.05) is 10.9 Å². The van der Waals surface area contributed by atoms with Gasteiger partial charge in [-0.1, -0.05) is 76.2 Å². The number of rotatable bonds is 3. The molecule has 124 valence electrons. The molecule has 0 bridgehead atoms. The molecule has 3 aromatic rings. The molecule has 0 aliphatic rings. The van der Waals surface area contributed by atoms with Crippen molar-refractivity contribution >= 4 is 23.0 Å². The number of aromatic nitrogens is 1. The molecule has 0 aliphatic heterocycles. The molecule has 0 unspecified atom stereocenters. The van der Waals surface area contributed by atoms with Gasteiger partial charge in [0.15, 0.2) is 12.1 Å². The molecule has 0 saturated heterocycles. The fraction of sp³-hybridized carbons (Fsp3) is 0.190. The van der Waals surface area contributed by atoms with E-state index in [1.165, 1.54) is 0 Å². The van der Waals surface area contributed by atoms with E-state index >= 15 is 0 Å². The van der Waals surface area contributed by atoms with Crippen molar-refractivity contribution in [2.24, 2.45) is 0 Å². The molecule has 0 saturated carbocycles. The average molecular weight is 321 g/mol. The first-order valence-corrected chi connectivity index (χ1v) is 8.24. The van der Waals surface area contributed by atoms with Gasteiger partial charge in [0.05, 0.1) is 11.1 Å². The summed E-state index contributed by atoms with van der Waals surface area (Å²) in [4.78, 5) is 27.9. The molecule has 0 amide bonds. The lowest BCUT2D eigenvalue weighted by Crippen LogP contribution is -2.07. The fourth-order valence-corrected chi connectivity index (χ4v) is 2.15. The molecule has 0 N–H and O–H groups in total. The van der Waals surface area contributed by atoms with E-state index in [1.54, 1.807) is 30.3 Å². The summed E-state index contributed by atoms with van der Waals surface area (Å²) in [5, 5.41) is 0.845. The summed E-state index contributed by atoms with van der Waals surface area (Å²) in [5.41, 5.74) is 1.77. The maximum atomic E-state index is 12.5. The number of para-hydroxylation sites is 1. The third-order valence-corrected chi connectivity index (χ3v) is 3.15. The van der Waals surface area contributed by atoms with Crippen molar-refractivity contribution in [2.45, 2.75) is 27.7 Å². The highest BCUT2D eigenvalue weighted by Crippen LogP contribution is 2.18. The van der Waals surface area contributed by atoms with E-state index in [9.17, 15) is 9.59 Å². The molecule has 3 rings (SSSR count). The first kappa shape index (κ1) is 19.2. The van der Waals surface area contributed by atoms with Gasteiger partial charge in [0.25, 0.3) is 0 Å². The first-order valence-electron chi connectivity index (χ1n) is 8.24. The van der Waals surface area contributed by atoms with Crippen LogP contribution in [-0.4, -0.2) is 17.1 Å². The summed E-state index contributed by atoms with van der Waals surface area (Å²) in [6.45, 7) is 8.00. The van der Waals surface area contributed by atoms with Crippen molar-refractivity contribution in [2.75, 3.05) is 0 Å². The molecule has 0 radical (unpaired) electrons. The zero-order valence-electron chi connectivity index (χ0n) is 14.6. The molecular weight excluding hydrogens is 298 g/mol. The smallest absolute Gasteiger partial charge is 0.195 e. The second-order valence-electron chi connectivity index (χ2n) is 4.43. The Morgan fingerprint density at radius 3 is 2.08 bits per heavy atom. The van der Waals surface area contributed by atoms with Crippen molar-refractivity contribution in [3.63, 3.8) is 0 Å².